The molecule has 2 unspecified atom stereocenters. The van der Waals surface area contributed by atoms with E-state index in [9.17, 15) is 25.1 Å². The van der Waals surface area contributed by atoms with Crippen LogP contribution in [0.2, 0.25) is 10.0 Å². The highest BCUT2D eigenvalue weighted by Gasteiger charge is 2.30. The van der Waals surface area contributed by atoms with Crippen LogP contribution in [0.25, 0.3) is 11.1 Å². The van der Waals surface area contributed by atoms with Gasteiger partial charge in [0.05, 0.1) is 26.6 Å². The first-order valence-corrected chi connectivity index (χ1v) is 11.6. The molecule has 0 radical (unpaired) electrons. The lowest BCUT2D eigenvalue weighted by Gasteiger charge is -2.19. The smallest absolute Gasteiger partial charge is 0.407 e. The van der Waals surface area contributed by atoms with E-state index in [1.54, 1.807) is 0 Å². The highest BCUT2D eigenvalue weighted by molar-refractivity contribution is 6.42. The van der Waals surface area contributed by atoms with Gasteiger partial charge in [-0.15, -0.1) is 0 Å². The quantitative estimate of drug-likeness (QED) is 0.278. The molecule has 0 fully saturated rings. The van der Waals surface area contributed by atoms with Crippen molar-refractivity contribution in [2.24, 2.45) is 0 Å². The van der Waals surface area contributed by atoms with Gasteiger partial charge in [-0.25, -0.2) is 4.79 Å². The van der Waals surface area contributed by atoms with Gasteiger partial charge >= 0.3 is 6.09 Å². The summed E-state index contributed by atoms with van der Waals surface area (Å²) < 4.78 is 5.43. The number of nitrogens with zero attached hydrogens (tertiary/aromatic N) is 1. The van der Waals surface area contributed by atoms with Crippen molar-refractivity contribution < 1.29 is 24.7 Å². The number of amides is 1. The Bertz CT molecular complexity index is 1220. The van der Waals surface area contributed by atoms with Crippen LogP contribution in [-0.2, 0) is 4.74 Å². The summed E-state index contributed by atoms with van der Waals surface area (Å²) in [4.78, 5) is 22.8. The lowest BCUT2D eigenvalue weighted by molar-refractivity contribution is -0.386. The molecule has 0 saturated carbocycles. The third-order valence-corrected chi connectivity index (χ3v) is 6.72. The van der Waals surface area contributed by atoms with E-state index in [0.29, 0.717) is 0 Å². The number of nitro benzene ring substituents is 1. The molecule has 0 spiro atoms. The van der Waals surface area contributed by atoms with E-state index in [1.165, 1.54) is 0 Å². The molecule has 0 aromatic heterocycles. The first kappa shape index (κ1) is 24.9. The Labute approximate surface area is 211 Å². The van der Waals surface area contributed by atoms with Crippen LogP contribution in [0.4, 0.5) is 10.5 Å². The number of halogens is 2. The molecular weight excluding hydrogens is 495 g/mol. The van der Waals surface area contributed by atoms with E-state index in [1.807, 2.05) is 48.5 Å². The molecule has 0 heterocycles. The van der Waals surface area contributed by atoms with Gasteiger partial charge in [-0.2, -0.15) is 0 Å². The summed E-state index contributed by atoms with van der Waals surface area (Å²) in [5, 5.41) is 34.6. The largest absolute Gasteiger partial charge is 0.449 e. The normalized spacial score (nSPS) is 14.1. The molecule has 10 heteroatoms. The number of nitro groups is 1. The number of alkyl carbamates (subject to hydrolysis) is 1. The van der Waals surface area contributed by atoms with Crippen molar-refractivity contribution in [2.75, 3.05) is 13.2 Å². The monoisotopic (exact) mass is 516 g/mol. The lowest BCUT2D eigenvalue weighted by atomic mass is 9.98. The number of aliphatic hydroxyl groups is 2. The van der Waals surface area contributed by atoms with Gasteiger partial charge in [-0.1, -0.05) is 71.7 Å². The van der Waals surface area contributed by atoms with Crippen molar-refractivity contribution in [3.05, 3.63) is 97.5 Å². The first-order valence-electron chi connectivity index (χ1n) is 10.9. The molecule has 1 aliphatic carbocycles. The fraction of sp³-hybridized carbons (Fsp3) is 0.240. The molecule has 4 rings (SSSR count). The van der Waals surface area contributed by atoms with Crippen LogP contribution in [0.3, 0.4) is 0 Å². The van der Waals surface area contributed by atoms with Gasteiger partial charge in [0.1, 0.15) is 12.7 Å². The molecule has 0 saturated heterocycles. The molecule has 1 amide bonds. The SMILES string of the molecule is O=C(NCCC(O)C(O)c1cc(Cl)c(Cl)cc1[N+](=O)[O-])OCC1c2ccccc2-c2ccccc21. The second-order valence-electron chi connectivity index (χ2n) is 8.14. The van der Waals surface area contributed by atoms with Crippen molar-refractivity contribution in [1.82, 2.24) is 5.32 Å². The summed E-state index contributed by atoms with van der Waals surface area (Å²) >= 11 is 11.7. The topological polar surface area (TPSA) is 122 Å². The number of benzene rings is 3. The van der Waals surface area contributed by atoms with Gasteiger partial charge in [0, 0.05) is 18.5 Å². The van der Waals surface area contributed by atoms with Gasteiger partial charge in [-0.05, 0) is 34.7 Å². The summed E-state index contributed by atoms with van der Waals surface area (Å²) in [5.41, 5.74) is 3.77. The molecule has 3 aromatic carbocycles. The maximum atomic E-state index is 12.3. The predicted octanol–water partition coefficient (Wildman–Crippen LogP) is 5.22. The van der Waals surface area contributed by atoms with Crippen molar-refractivity contribution in [1.29, 1.82) is 0 Å². The zero-order chi connectivity index (χ0) is 25.1. The van der Waals surface area contributed by atoms with Gasteiger partial charge < -0.3 is 20.3 Å². The summed E-state index contributed by atoms with van der Waals surface area (Å²) in [7, 11) is 0. The van der Waals surface area contributed by atoms with Gasteiger partial charge in [-0.3, -0.25) is 10.1 Å². The van der Waals surface area contributed by atoms with E-state index in [-0.39, 0.29) is 41.1 Å². The highest BCUT2D eigenvalue weighted by atomic mass is 35.5. The third-order valence-electron chi connectivity index (χ3n) is 6.00. The van der Waals surface area contributed by atoms with Gasteiger partial charge in [0.15, 0.2) is 0 Å². The molecular formula is C25H22Cl2N2O6. The molecule has 8 nitrogen and oxygen atoms in total. The van der Waals surface area contributed by atoms with Gasteiger partial charge in [0.2, 0.25) is 0 Å². The van der Waals surface area contributed by atoms with E-state index in [0.717, 1.165) is 34.4 Å². The Hall–Kier alpha value is -3.17. The van der Waals surface area contributed by atoms with Crippen LogP contribution in [0.15, 0.2) is 60.7 Å². The van der Waals surface area contributed by atoms with Crippen LogP contribution < -0.4 is 5.32 Å². The minimum Gasteiger partial charge on any atom is -0.449 e. The molecule has 3 aromatic rings. The zero-order valence-electron chi connectivity index (χ0n) is 18.4. The van der Waals surface area contributed by atoms with Crippen molar-refractivity contribution in [2.45, 2.75) is 24.5 Å². The Morgan fingerprint density at radius 1 is 1.03 bits per heavy atom. The first-order chi connectivity index (χ1) is 16.8. The Kier molecular flexibility index (Phi) is 7.57. The summed E-state index contributed by atoms with van der Waals surface area (Å²) in [5.74, 6) is -0.0873. The lowest BCUT2D eigenvalue weighted by Crippen LogP contribution is -2.30. The molecule has 182 valence electrons. The zero-order valence-corrected chi connectivity index (χ0v) is 19.9. The number of hydrogen-bond donors (Lipinski definition) is 3. The summed E-state index contributed by atoms with van der Waals surface area (Å²) in [6, 6.07) is 18.1. The molecule has 0 aliphatic heterocycles. The van der Waals surface area contributed by atoms with Crippen LogP contribution in [0, 0.1) is 10.1 Å². The minimum atomic E-state index is -1.60. The van der Waals surface area contributed by atoms with E-state index in [2.05, 4.69) is 5.32 Å². The summed E-state index contributed by atoms with van der Waals surface area (Å²) in [6.07, 6.45) is -3.76. The number of hydrogen-bond acceptors (Lipinski definition) is 6. The van der Waals surface area contributed by atoms with Crippen molar-refractivity contribution in [3.8, 4) is 11.1 Å². The molecule has 1 aliphatic rings. The van der Waals surface area contributed by atoms with Crippen LogP contribution in [0.5, 0.6) is 0 Å². The number of ether oxygens (including phenoxy) is 1. The average molecular weight is 517 g/mol. The van der Waals surface area contributed by atoms with E-state index >= 15 is 0 Å². The summed E-state index contributed by atoms with van der Waals surface area (Å²) in [6.45, 7) is 0.116. The Morgan fingerprint density at radius 2 is 1.60 bits per heavy atom. The van der Waals surface area contributed by atoms with Crippen LogP contribution >= 0.6 is 23.2 Å². The van der Waals surface area contributed by atoms with E-state index < -0.39 is 28.9 Å². The van der Waals surface area contributed by atoms with Crippen LogP contribution in [0.1, 0.15) is 35.1 Å². The number of fused-ring (bicyclic) bond motifs is 3. The molecule has 3 N–H and O–H groups in total. The number of aliphatic hydroxyl groups excluding tert-OH is 2. The fourth-order valence-corrected chi connectivity index (χ4v) is 4.61. The Balaban J connectivity index is 1.32. The number of carbonyl (C=O) groups is 1. The average Bonchev–Trinajstić information content (AvgIpc) is 3.17. The standard InChI is InChI=1S/C25H22Cl2N2O6/c26-20-11-18(22(29(33)34)12-21(20)27)24(31)23(30)9-10-28-25(32)35-13-19-16-7-3-1-5-14(16)15-6-2-4-8-17(15)19/h1-8,11-12,19,23-24,30-31H,9-10,13H2,(H,28,32). The third kappa shape index (κ3) is 5.26. The van der Waals surface area contributed by atoms with Crippen LogP contribution in [-0.4, -0.2) is 40.5 Å². The van der Waals surface area contributed by atoms with E-state index in [4.69, 9.17) is 27.9 Å². The molecule has 35 heavy (non-hydrogen) atoms. The van der Waals surface area contributed by atoms with Crippen molar-refractivity contribution in [3.63, 3.8) is 0 Å². The van der Waals surface area contributed by atoms with Gasteiger partial charge in [0.25, 0.3) is 5.69 Å². The second kappa shape index (κ2) is 10.6. The highest BCUT2D eigenvalue weighted by Crippen LogP contribution is 2.44. The maximum absolute atomic E-state index is 12.3. The number of nitrogens with one attached hydrogen (secondary N) is 1. The molecule has 0 bridgehead atoms. The predicted molar refractivity (Wildman–Crippen MR) is 132 cm³/mol. The Morgan fingerprint density at radius 3 is 2.20 bits per heavy atom. The molecule has 2 atom stereocenters. The number of carbonyl (C=O) groups excluding carboxylic acids is 1. The maximum Gasteiger partial charge on any atom is 0.407 e. The second-order valence-corrected chi connectivity index (χ2v) is 8.95. The minimum absolute atomic E-state index is 0.00952. The number of rotatable bonds is 8. The van der Waals surface area contributed by atoms with Crippen molar-refractivity contribution >= 4 is 35.0 Å². The fourth-order valence-electron chi connectivity index (χ4n) is 4.28.